The SMILES string of the molecule is Cc1ccc(-n2c(C)nc3ccccc3c2=O)c(O)c1. The van der Waals surface area contributed by atoms with Crippen molar-refractivity contribution in [1.82, 2.24) is 9.55 Å². The van der Waals surface area contributed by atoms with E-state index in [2.05, 4.69) is 4.98 Å². The molecule has 0 atom stereocenters. The van der Waals surface area contributed by atoms with Crippen LogP contribution in [0.2, 0.25) is 0 Å². The maximum absolute atomic E-state index is 12.6. The third kappa shape index (κ3) is 1.86. The van der Waals surface area contributed by atoms with Gasteiger partial charge in [0, 0.05) is 0 Å². The van der Waals surface area contributed by atoms with Gasteiger partial charge in [0.1, 0.15) is 11.6 Å². The summed E-state index contributed by atoms with van der Waals surface area (Å²) in [4.78, 5) is 17.0. The van der Waals surface area contributed by atoms with Crippen LogP contribution in [0, 0.1) is 13.8 Å². The molecule has 4 nitrogen and oxygen atoms in total. The van der Waals surface area contributed by atoms with Gasteiger partial charge in [-0.25, -0.2) is 4.98 Å². The lowest BCUT2D eigenvalue weighted by molar-refractivity contribution is 0.470. The summed E-state index contributed by atoms with van der Waals surface area (Å²) in [7, 11) is 0. The molecule has 0 aliphatic heterocycles. The van der Waals surface area contributed by atoms with E-state index in [4.69, 9.17) is 0 Å². The van der Waals surface area contributed by atoms with Crippen LogP contribution >= 0.6 is 0 Å². The first-order valence-corrected chi connectivity index (χ1v) is 6.36. The van der Waals surface area contributed by atoms with E-state index < -0.39 is 0 Å². The molecule has 0 spiro atoms. The quantitative estimate of drug-likeness (QED) is 0.736. The van der Waals surface area contributed by atoms with E-state index in [0.717, 1.165) is 5.56 Å². The smallest absolute Gasteiger partial charge is 0.266 e. The number of para-hydroxylation sites is 1. The van der Waals surface area contributed by atoms with Crippen LogP contribution in [0.3, 0.4) is 0 Å². The van der Waals surface area contributed by atoms with Crippen molar-refractivity contribution >= 4 is 10.9 Å². The van der Waals surface area contributed by atoms with Crippen LogP contribution in [0.25, 0.3) is 16.6 Å². The zero-order valence-electron chi connectivity index (χ0n) is 11.3. The van der Waals surface area contributed by atoms with E-state index >= 15 is 0 Å². The Morgan fingerprint density at radius 2 is 1.85 bits per heavy atom. The minimum absolute atomic E-state index is 0.0762. The van der Waals surface area contributed by atoms with Crippen molar-refractivity contribution in [3.8, 4) is 11.4 Å². The molecular weight excluding hydrogens is 252 g/mol. The molecule has 20 heavy (non-hydrogen) atoms. The van der Waals surface area contributed by atoms with Crippen molar-refractivity contribution in [1.29, 1.82) is 0 Å². The lowest BCUT2D eigenvalue weighted by Crippen LogP contribution is -2.22. The minimum Gasteiger partial charge on any atom is -0.506 e. The number of aryl methyl sites for hydroxylation is 2. The number of nitrogens with zero attached hydrogens (tertiary/aromatic N) is 2. The lowest BCUT2D eigenvalue weighted by atomic mass is 10.2. The topological polar surface area (TPSA) is 55.1 Å². The summed E-state index contributed by atoms with van der Waals surface area (Å²) in [5, 5.41) is 10.6. The Kier molecular flexibility index (Phi) is 2.79. The normalized spacial score (nSPS) is 10.9. The zero-order chi connectivity index (χ0) is 14.3. The van der Waals surface area contributed by atoms with Crippen LogP contribution < -0.4 is 5.56 Å². The molecule has 1 heterocycles. The standard InChI is InChI=1S/C16H14N2O2/c1-10-7-8-14(15(19)9-10)18-11(2)17-13-6-4-3-5-12(13)16(18)20/h3-9,19H,1-2H3. The van der Waals surface area contributed by atoms with E-state index in [0.29, 0.717) is 22.4 Å². The highest BCUT2D eigenvalue weighted by Crippen LogP contribution is 2.23. The molecule has 0 amide bonds. The summed E-state index contributed by atoms with van der Waals surface area (Å²) in [5.74, 6) is 0.625. The van der Waals surface area contributed by atoms with Gasteiger partial charge in [0.25, 0.3) is 5.56 Å². The highest BCUT2D eigenvalue weighted by molar-refractivity contribution is 5.78. The van der Waals surface area contributed by atoms with Gasteiger partial charge in [0.05, 0.1) is 16.6 Å². The Labute approximate surface area is 116 Å². The third-order valence-corrected chi connectivity index (χ3v) is 3.32. The number of rotatable bonds is 1. The Hall–Kier alpha value is -2.62. The number of phenolic OH excluding ortho intramolecular Hbond substituents is 1. The average Bonchev–Trinajstić information content (AvgIpc) is 2.41. The first kappa shape index (κ1) is 12.4. The Bertz CT molecular complexity index is 866. The lowest BCUT2D eigenvalue weighted by Gasteiger charge is -2.12. The number of phenols is 1. The van der Waals surface area contributed by atoms with Gasteiger partial charge >= 0.3 is 0 Å². The molecule has 0 bridgehead atoms. The molecule has 0 saturated heterocycles. The number of aromatic hydroxyl groups is 1. The van der Waals surface area contributed by atoms with Crippen molar-refractivity contribution in [3.63, 3.8) is 0 Å². The van der Waals surface area contributed by atoms with Crippen LogP contribution in [-0.4, -0.2) is 14.7 Å². The Balaban J connectivity index is 2.39. The van der Waals surface area contributed by atoms with Crippen molar-refractivity contribution in [2.45, 2.75) is 13.8 Å². The number of aromatic nitrogens is 2. The second-order valence-corrected chi connectivity index (χ2v) is 4.81. The van der Waals surface area contributed by atoms with E-state index in [9.17, 15) is 9.90 Å². The molecule has 2 aromatic carbocycles. The molecule has 0 saturated carbocycles. The number of hydrogen-bond acceptors (Lipinski definition) is 3. The van der Waals surface area contributed by atoms with Crippen LogP contribution in [0.15, 0.2) is 47.3 Å². The predicted octanol–water partition coefficient (Wildman–Crippen LogP) is 2.71. The zero-order valence-corrected chi connectivity index (χ0v) is 11.3. The molecule has 3 rings (SSSR count). The first-order chi connectivity index (χ1) is 9.58. The summed E-state index contributed by atoms with van der Waals surface area (Å²) in [6.07, 6.45) is 0. The molecule has 0 aliphatic rings. The molecule has 0 aliphatic carbocycles. The van der Waals surface area contributed by atoms with Gasteiger partial charge in [0.15, 0.2) is 0 Å². The Morgan fingerprint density at radius 1 is 1.10 bits per heavy atom. The summed E-state index contributed by atoms with van der Waals surface area (Å²) in [6, 6.07) is 12.4. The van der Waals surface area contributed by atoms with Crippen LogP contribution in [0.4, 0.5) is 0 Å². The van der Waals surface area contributed by atoms with E-state index in [1.807, 2.05) is 25.1 Å². The highest BCUT2D eigenvalue weighted by atomic mass is 16.3. The van der Waals surface area contributed by atoms with Gasteiger partial charge in [-0.3, -0.25) is 9.36 Å². The molecule has 4 heteroatoms. The minimum atomic E-state index is -0.174. The second-order valence-electron chi connectivity index (χ2n) is 4.81. The van der Waals surface area contributed by atoms with E-state index in [1.165, 1.54) is 4.57 Å². The highest BCUT2D eigenvalue weighted by Gasteiger charge is 2.12. The molecule has 0 radical (unpaired) electrons. The predicted molar refractivity (Wildman–Crippen MR) is 78.5 cm³/mol. The molecule has 3 aromatic rings. The monoisotopic (exact) mass is 266 g/mol. The number of benzene rings is 2. The molecule has 100 valence electrons. The first-order valence-electron chi connectivity index (χ1n) is 6.36. The summed E-state index contributed by atoms with van der Waals surface area (Å²) in [6.45, 7) is 3.64. The van der Waals surface area contributed by atoms with Gasteiger partial charge < -0.3 is 5.11 Å². The fourth-order valence-corrected chi connectivity index (χ4v) is 2.35. The van der Waals surface area contributed by atoms with Gasteiger partial charge in [0.2, 0.25) is 0 Å². The largest absolute Gasteiger partial charge is 0.506 e. The molecular formula is C16H14N2O2. The molecule has 0 fully saturated rings. The van der Waals surface area contributed by atoms with Crippen LogP contribution in [0.5, 0.6) is 5.75 Å². The van der Waals surface area contributed by atoms with Gasteiger partial charge in [-0.2, -0.15) is 0 Å². The molecule has 1 aromatic heterocycles. The van der Waals surface area contributed by atoms with E-state index in [-0.39, 0.29) is 11.3 Å². The maximum atomic E-state index is 12.6. The van der Waals surface area contributed by atoms with Crippen molar-refractivity contribution in [2.24, 2.45) is 0 Å². The number of fused-ring (bicyclic) bond motifs is 1. The van der Waals surface area contributed by atoms with Crippen molar-refractivity contribution in [2.75, 3.05) is 0 Å². The van der Waals surface area contributed by atoms with Crippen molar-refractivity contribution < 1.29 is 5.11 Å². The molecule has 0 unspecified atom stereocenters. The Morgan fingerprint density at radius 3 is 2.60 bits per heavy atom. The van der Waals surface area contributed by atoms with Crippen molar-refractivity contribution in [3.05, 3.63) is 64.2 Å². The maximum Gasteiger partial charge on any atom is 0.266 e. The fraction of sp³-hybridized carbons (Fsp3) is 0.125. The summed E-state index contributed by atoms with van der Waals surface area (Å²) >= 11 is 0. The van der Waals surface area contributed by atoms with Crippen LogP contribution in [0.1, 0.15) is 11.4 Å². The molecule has 1 N–H and O–H groups in total. The average molecular weight is 266 g/mol. The van der Waals surface area contributed by atoms with Gasteiger partial charge in [-0.05, 0) is 43.7 Å². The number of hydrogen-bond donors (Lipinski definition) is 1. The second kappa shape index (κ2) is 4.49. The van der Waals surface area contributed by atoms with Gasteiger partial charge in [-0.15, -0.1) is 0 Å². The third-order valence-electron chi connectivity index (χ3n) is 3.32. The van der Waals surface area contributed by atoms with Crippen LogP contribution in [-0.2, 0) is 0 Å². The van der Waals surface area contributed by atoms with Gasteiger partial charge in [-0.1, -0.05) is 18.2 Å². The van der Waals surface area contributed by atoms with E-state index in [1.54, 1.807) is 31.2 Å². The fourth-order valence-electron chi connectivity index (χ4n) is 2.35. The summed E-state index contributed by atoms with van der Waals surface area (Å²) in [5.41, 5.74) is 1.88. The summed E-state index contributed by atoms with van der Waals surface area (Å²) < 4.78 is 1.44.